The number of aliphatic imine (C=N–C) groups is 1. The third-order valence-electron chi connectivity index (χ3n) is 4.47. The molecular formula is C21H32N4O2. The van der Waals surface area contributed by atoms with E-state index in [2.05, 4.69) is 33.9 Å². The first-order valence-corrected chi connectivity index (χ1v) is 9.96. The molecule has 1 amide bonds. The minimum Gasteiger partial charge on any atom is -0.508 e. The Bertz CT molecular complexity index is 655. The SMILES string of the molecule is CCNC(=NCCCNC(=O)c1cccc(O)c1)NCCC1=CCCCC1. The van der Waals surface area contributed by atoms with Crippen molar-refractivity contribution in [2.45, 2.75) is 45.4 Å². The van der Waals surface area contributed by atoms with Crippen molar-refractivity contribution < 1.29 is 9.90 Å². The van der Waals surface area contributed by atoms with E-state index in [-0.39, 0.29) is 11.7 Å². The second kappa shape index (κ2) is 12.0. The Labute approximate surface area is 162 Å². The molecular weight excluding hydrogens is 340 g/mol. The van der Waals surface area contributed by atoms with Crippen LogP contribution in [0.2, 0.25) is 0 Å². The Kier molecular flexibility index (Phi) is 9.24. The number of benzene rings is 1. The summed E-state index contributed by atoms with van der Waals surface area (Å²) in [4.78, 5) is 16.6. The van der Waals surface area contributed by atoms with E-state index < -0.39 is 0 Å². The normalized spacial score (nSPS) is 14.4. The van der Waals surface area contributed by atoms with Gasteiger partial charge in [-0.05, 0) is 63.6 Å². The van der Waals surface area contributed by atoms with Gasteiger partial charge in [0.2, 0.25) is 0 Å². The Morgan fingerprint density at radius 3 is 2.81 bits per heavy atom. The number of nitrogens with one attached hydrogen (secondary N) is 3. The van der Waals surface area contributed by atoms with Gasteiger partial charge >= 0.3 is 0 Å². The summed E-state index contributed by atoms with van der Waals surface area (Å²) < 4.78 is 0. The lowest BCUT2D eigenvalue weighted by atomic mass is 9.97. The van der Waals surface area contributed by atoms with E-state index in [0.29, 0.717) is 18.7 Å². The molecule has 0 aliphatic heterocycles. The van der Waals surface area contributed by atoms with Crippen LogP contribution in [0.4, 0.5) is 0 Å². The molecule has 0 atom stereocenters. The number of carbonyl (C=O) groups excluding carboxylic acids is 1. The lowest BCUT2D eigenvalue weighted by Gasteiger charge is -2.15. The maximum absolute atomic E-state index is 12.0. The molecule has 0 heterocycles. The summed E-state index contributed by atoms with van der Waals surface area (Å²) in [6, 6.07) is 6.35. The molecule has 0 radical (unpaired) electrons. The summed E-state index contributed by atoms with van der Waals surface area (Å²) in [6.07, 6.45) is 9.30. The Hall–Kier alpha value is -2.50. The van der Waals surface area contributed by atoms with E-state index in [1.54, 1.807) is 23.8 Å². The second-order valence-electron chi connectivity index (χ2n) is 6.71. The number of amides is 1. The van der Waals surface area contributed by atoms with Gasteiger partial charge in [0.05, 0.1) is 0 Å². The summed E-state index contributed by atoms with van der Waals surface area (Å²) in [5.41, 5.74) is 2.02. The number of aromatic hydroxyl groups is 1. The van der Waals surface area contributed by atoms with Gasteiger partial charge in [-0.15, -0.1) is 0 Å². The molecule has 1 aliphatic carbocycles. The maximum Gasteiger partial charge on any atom is 0.251 e. The summed E-state index contributed by atoms with van der Waals surface area (Å²) in [6.45, 7) is 4.95. The van der Waals surface area contributed by atoms with Gasteiger partial charge < -0.3 is 21.1 Å². The van der Waals surface area contributed by atoms with Crippen molar-refractivity contribution in [2.24, 2.45) is 4.99 Å². The number of guanidine groups is 1. The van der Waals surface area contributed by atoms with Crippen molar-refractivity contribution in [1.82, 2.24) is 16.0 Å². The third kappa shape index (κ3) is 8.15. The number of hydrogen-bond acceptors (Lipinski definition) is 3. The first-order chi connectivity index (χ1) is 13.2. The van der Waals surface area contributed by atoms with E-state index in [4.69, 9.17) is 0 Å². The van der Waals surface area contributed by atoms with Gasteiger partial charge in [0, 0.05) is 31.7 Å². The lowest BCUT2D eigenvalue weighted by molar-refractivity contribution is 0.0953. The molecule has 27 heavy (non-hydrogen) atoms. The van der Waals surface area contributed by atoms with Crippen LogP contribution in [-0.2, 0) is 0 Å². The lowest BCUT2D eigenvalue weighted by Crippen LogP contribution is -2.38. The molecule has 6 heteroatoms. The fourth-order valence-electron chi connectivity index (χ4n) is 3.04. The Balaban J connectivity index is 1.66. The van der Waals surface area contributed by atoms with Gasteiger partial charge in [0.1, 0.15) is 5.75 Å². The van der Waals surface area contributed by atoms with Crippen LogP contribution in [0.15, 0.2) is 40.9 Å². The van der Waals surface area contributed by atoms with Crippen molar-refractivity contribution >= 4 is 11.9 Å². The van der Waals surface area contributed by atoms with E-state index >= 15 is 0 Å². The Morgan fingerprint density at radius 1 is 1.19 bits per heavy atom. The molecule has 4 N–H and O–H groups in total. The highest BCUT2D eigenvalue weighted by molar-refractivity contribution is 5.94. The van der Waals surface area contributed by atoms with Gasteiger partial charge in [-0.3, -0.25) is 9.79 Å². The topological polar surface area (TPSA) is 85.8 Å². The molecule has 1 aromatic rings. The number of nitrogens with zero attached hydrogens (tertiary/aromatic N) is 1. The van der Waals surface area contributed by atoms with Crippen molar-refractivity contribution in [3.63, 3.8) is 0 Å². The van der Waals surface area contributed by atoms with E-state index in [9.17, 15) is 9.90 Å². The molecule has 6 nitrogen and oxygen atoms in total. The van der Waals surface area contributed by atoms with Crippen LogP contribution in [0.1, 0.15) is 55.8 Å². The van der Waals surface area contributed by atoms with Crippen LogP contribution in [0.3, 0.4) is 0 Å². The monoisotopic (exact) mass is 372 g/mol. The molecule has 0 saturated carbocycles. The molecule has 0 fully saturated rings. The second-order valence-corrected chi connectivity index (χ2v) is 6.71. The van der Waals surface area contributed by atoms with E-state index in [1.165, 1.54) is 31.7 Å². The number of allylic oxidation sites excluding steroid dienone is 1. The molecule has 0 unspecified atom stereocenters. The average Bonchev–Trinajstić information content (AvgIpc) is 2.68. The highest BCUT2D eigenvalue weighted by atomic mass is 16.3. The van der Waals surface area contributed by atoms with Gasteiger partial charge in [0.15, 0.2) is 5.96 Å². The number of hydrogen-bond donors (Lipinski definition) is 4. The zero-order chi connectivity index (χ0) is 19.3. The van der Waals surface area contributed by atoms with Crippen molar-refractivity contribution in [1.29, 1.82) is 0 Å². The van der Waals surface area contributed by atoms with E-state index in [1.807, 2.05) is 0 Å². The summed E-state index contributed by atoms with van der Waals surface area (Å²) >= 11 is 0. The summed E-state index contributed by atoms with van der Waals surface area (Å²) in [5, 5.41) is 18.9. The van der Waals surface area contributed by atoms with Crippen LogP contribution in [0.25, 0.3) is 0 Å². The first kappa shape index (κ1) is 20.8. The minimum absolute atomic E-state index is 0.0950. The van der Waals surface area contributed by atoms with Crippen molar-refractivity contribution in [2.75, 3.05) is 26.2 Å². The standard InChI is InChI=1S/C21H32N4O2/c1-2-22-21(25-15-12-17-8-4-3-5-9-17)24-14-7-13-23-20(27)18-10-6-11-19(26)16-18/h6,8,10-11,16,26H,2-5,7,9,12-15H2,1H3,(H,23,27)(H2,22,24,25). The van der Waals surface area contributed by atoms with Crippen LogP contribution in [0, 0.1) is 0 Å². The predicted molar refractivity (Wildman–Crippen MR) is 110 cm³/mol. The van der Waals surface area contributed by atoms with Crippen LogP contribution in [-0.4, -0.2) is 43.2 Å². The number of carbonyl (C=O) groups is 1. The molecule has 2 rings (SSSR count). The predicted octanol–water partition coefficient (Wildman–Crippen LogP) is 2.96. The molecule has 1 aromatic carbocycles. The fourth-order valence-corrected chi connectivity index (χ4v) is 3.04. The first-order valence-electron chi connectivity index (χ1n) is 9.96. The zero-order valence-electron chi connectivity index (χ0n) is 16.3. The third-order valence-corrected chi connectivity index (χ3v) is 4.47. The molecule has 148 valence electrons. The van der Waals surface area contributed by atoms with Gasteiger partial charge in [-0.1, -0.05) is 17.7 Å². The largest absolute Gasteiger partial charge is 0.508 e. The Morgan fingerprint density at radius 2 is 2.07 bits per heavy atom. The summed E-state index contributed by atoms with van der Waals surface area (Å²) in [7, 11) is 0. The van der Waals surface area contributed by atoms with Crippen LogP contribution in [0.5, 0.6) is 5.75 Å². The van der Waals surface area contributed by atoms with E-state index in [0.717, 1.165) is 31.9 Å². The van der Waals surface area contributed by atoms with Crippen molar-refractivity contribution in [3.8, 4) is 5.75 Å². The van der Waals surface area contributed by atoms with Crippen molar-refractivity contribution in [3.05, 3.63) is 41.5 Å². The minimum atomic E-state index is -0.180. The van der Waals surface area contributed by atoms with Crippen LogP contribution >= 0.6 is 0 Å². The van der Waals surface area contributed by atoms with Gasteiger partial charge in [0.25, 0.3) is 5.91 Å². The molecule has 0 aromatic heterocycles. The van der Waals surface area contributed by atoms with Gasteiger partial charge in [-0.2, -0.15) is 0 Å². The highest BCUT2D eigenvalue weighted by Gasteiger charge is 2.06. The fraction of sp³-hybridized carbons (Fsp3) is 0.524. The number of phenolic OH excluding ortho intramolecular Hbond substituents is 1. The quantitative estimate of drug-likeness (QED) is 0.232. The highest BCUT2D eigenvalue weighted by Crippen LogP contribution is 2.19. The molecule has 1 aliphatic rings. The molecule has 0 bridgehead atoms. The van der Waals surface area contributed by atoms with Crippen LogP contribution < -0.4 is 16.0 Å². The molecule has 0 saturated heterocycles. The maximum atomic E-state index is 12.0. The smallest absolute Gasteiger partial charge is 0.251 e. The number of rotatable bonds is 9. The zero-order valence-corrected chi connectivity index (χ0v) is 16.3. The number of phenols is 1. The average molecular weight is 373 g/mol. The van der Waals surface area contributed by atoms with Gasteiger partial charge in [-0.25, -0.2) is 0 Å². The summed E-state index contributed by atoms with van der Waals surface area (Å²) in [5.74, 6) is 0.742. The molecule has 0 spiro atoms.